The summed E-state index contributed by atoms with van der Waals surface area (Å²) in [6, 6.07) is 10.2. The van der Waals surface area contributed by atoms with Gasteiger partial charge in [-0.25, -0.2) is 0 Å². The van der Waals surface area contributed by atoms with E-state index < -0.39 is 0 Å². The summed E-state index contributed by atoms with van der Waals surface area (Å²) < 4.78 is 5.07. The average Bonchev–Trinajstić information content (AvgIpc) is 2.17. The van der Waals surface area contributed by atoms with Gasteiger partial charge in [-0.1, -0.05) is 30.3 Å². The van der Waals surface area contributed by atoms with E-state index in [0.717, 1.165) is 13.1 Å². The number of rotatable bonds is 2. The lowest BCUT2D eigenvalue weighted by molar-refractivity contribution is -0.157. The van der Waals surface area contributed by atoms with E-state index >= 15 is 0 Å². The molecule has 0 N–H and O–H groups in total. The number of ether oxygens (including phenoxy) is 1. The van der Waals surface area contributed by atoms with Crippen LogP contribution in [0.3, 0.4) is 0 Å². The Labute approximate surface area is 89.7 Å². The Morgan fingerprint density at radius 1 is 1.40 bits per heavy atom. The fourth-order valence-corrected chi connectivity index (χ4v) is 1.87. The van der Waals surface area contributed by atoms with E-state index in [1.54, 1.807) is 0 Å². The summed E-state index contributed by atoms with van der Waals surface area (Å²) >= 11 is 0. The van der Waals surface area contributed by atoms with E-state index in [-0.39, 0.29) is 12.1 Å². The number of carbonyl (C=O) groups is 1. The second kappa shape index (κ2) is 4.45. The summed E-state index contributed by atoms with van der Waals surface area (Å²) in [5, 5.41) is 0. The zero-order chi connectivity index (χ0) is 10.7. The maximum atomic E-state index is 11.2. The van der Waals surface area contributed by atoms with Gasteiger partial charge in [0.25, 0.3) is 0 Å². The number of cyclic esters (lactones) is 1. The van der Waals surface area contributed by atoms with E-state index in [2.05, 4.69) is 17.0 Å². The molecule has 0 aliphatic carbocycles. The molecule has 1 heterocycles. The third-order valence-electron chi connectivity index (χ3n) is 2.45. The quantitative estimate of drug-likeness (QED) is 0.684. The largest absolute Gasteiger partial charge is 0.460 e. The molecule has 3 heteroatoms. The topological polar surface area (TPSA) is 29.5 Å². The molecule has 15 heavy (non-hydrogen) atoms. The Morgan fingerprint density at radius 3 is 2.80 bits per heavy atom. The van der Waals surface area contributed by atoms with Gasteiger partial charge >= 0.3 is 5.97 Å². The average molecular weight is 205 g/mol. The van der Waals surface area contributed by atoms with Gasteiger partial charge in [0.1, 0.15) is 6.10 Å². The lowest BCUT2D eigenvalue weighted by Gasteiger charge is -2.30. The number of carbonyl (C=O) groups excluding carboxylic acids is 1. The highest BCUT2D eigenvalue weighted by molar-refractivity contribution is 5.72. The van der Waals surface area contributed by atoms with Crippen LogP contribution in [0.2, 0.25) is 0 Å². The molecule has 0 bridgehead atoms. The zero-order valence-electron chi connectivity index (χ0n) is 8.85. The molecule has 1 saturated heterocycles. The predicted octanol–water partition coefficient (Wildman–Crippen LogP) is 1.43. The molecule has 0 amide bonds. The van der Waals surface area contributed by atoms with E-state index in [9.17, 15) is 4.79 Å². The summed E-state index contributed by atoms with van der Waals surface area (Å²) in [6.45, 7) is 3.97. The van der Waals surface area contributed by atoms with Gasteiger partial charge < -0.3 is 4.74 Å². The number of morpholine rings is 1. The minimum atomic E-state index is -0.121. The Morgan fingerprint density at radius 2 is 2.13 bits per heavy atom. The van der Waals surface area contributed by atoms with Crippen LogP contribution < -0.4 is 0 Å². The van der Waals surface area contributed by atoms with Crippen molar-refractivity contribution in [2.45, 2.75) is 19.6 Å². The minimum absolute atomic E-state index is 0.00922. The Kier molecular flexibility index (Phi) is 3.02. The fourth-order valence-electron chi connectivity index (χ4n) is 1.87. The molecule has 2 rings (SSSR count). The number of nitrogens with zero attached hydrogens (tertiary/aromatic N) is 1. The first-order chi connectivity index (χ1) is 7.24. The van der Waals surface area contributed by atoms with Crippen molar-refractivity contribution in [3.05, 3.63) is 35.9 Å². The van der Waals surface area contributed by atoms with Crippen LogP contribution in [-0.2, 0) is 16.1 Å². The number of esters is 1. The molecular formula is C12H15NO2. The molecule has 0 aromatic heterocycles. The van der Waals surface area contributed by atoms with Crippen LogP contribution in [-0.4, -0.2) is 30.1 Å². The van der Waals surface area contributed by atoms with Crippen LogP contribution >= 0.6 is 0 Å². The first kappa shape index (κ1) is 10.2. The van der Waals surface area contributed by atoms with Crippen LogP contribution in [0.1, 0.15) is 12.5 Å². The second-order valence-corrected chi connectivity index (χ2v) is 3.96. The van der Waals surface area contributed by atoms with Gasteiger partial charge in [-0.15, -0.1) is 0 Å². The summed E-state index contributed by atoms with van der Waals surface area (Å²) in [4.78, 5) is 13.3. The molecule has 0 saturated carbocycles. The first-order valence-corrected chi connectivity index (χ1v) is 5.20. The van der Waals surface area contributed by atoms with E-state index in [4.69, 9.17) is 4.74 Å². The maximum Gasteiger partial charge on any atom is 0.320 e. The molecule has 1 fully saturated rings. The van der Waals surface area contributed by atoms with Crippen molar-refractivity contribution >= 4 is 5.97 Å². The smallest absolute Gasteiger partial charge is 0.320 e. The standard InChI is InChI=1S/C12H15NO2/c1-10-7-13(9-12(14)15-10)8-11-5-3-2-4-6-11/h2-6,10H,7-9H2,1H3. The minimum Gasteiger partial charge on any atom is -0.460 e. The van der Waals surface area contributed by atoms with Gasteiger partial charge in [-0.05, 0) is 12.5 Å². The highest BCUT2D eigenvalue weighted by Gasteiger charge is 2.23. The first-order valence-electron chi connectivity index (χ1n) is 5.20. The van der Waals surface area contributed by atoms with Crippen LogP contribution in [0.4, 0.5) is 0 Å². The third kappa shape index (κ3) is 2.80. The summed E-state index contributed by atoms with van der Waals surface area (Å²) in [6.07, 6.45) is 0.00922. The highest BCUT2D eigenvalue weighted by Crippen LogP contribution is 2.10. The summed E-state index contributed by atoms with van der Waals surface area (Å²) in [7, 11) is 0. The van der Waals surface area contributed by atoms with Gasteiger partial charge in [-0.2, -0.15) is 0 Å². The van der Waals surface area contributed by atoms with Crippen molar-refractivity contribution in [2.75, 3.05) is 13.1 Å². The van der Waals surface area contributed by atoms with E-state index in [1.807, 2.05) is 25.1 Å². The molecule has 3 nitrogen and oxygen atoms in total. The van der Waals surface area contributed by atoms with Gasteiger partial charge in [0.15, 0.2) is 0 Å². The van der Waals surface area contributed by atoms with Crippen molar-refractivity contribution in [1.29, 1.82) is 0 Å². The SMILES string of the molecule is CC1CN(Cc2ccccc2)CC(=O)O1. The van der Waals surface area contributed by atoms with Gasteiger partial charge in [0.05, 0.1) is 6.54 Å². The van der Waals surface area contributed by atoms with Crippen molar-refractivity contribution < 1.29 is 9.53 Å². The van der Waals surface area contributed by atoms with E-state index in [1.165, 1.54) is 5.56 Å². The lowest BCUT2D eigenvalue weighted by atomic mass is 10.2. The van der Waals surface area contributed by atoms with Crippen LogP contribution in [0.5, 0.6) is 0 Å². The van der Waals surface area contributed by atoms with Crippen LogP contribution in [0.15, 0.2) is 30.3 Å². The summed E-state index contributed by atoms with van der Waals surface area (Å²) in [5.41, 5.74) is 1.24. The van der Waals surface area contributed by atoms with Crippen LogP contribution in [0, 0.1) is 0 Å². The van der Waals surface area contributed by atoms with Crippen molar-refractivity contribution in [2.24, 2.45) is 0 Å². The van der Waals surface area contributed by atoms with Crippen molar-refractivity contribution in [1.82, 2.24) is 4.90 Å². The van der Waals surface area contributed by atoms with Gasteiger partial charge in [0.2, 0.25) is 0 Å². The predicted molar refractivity (Wildman–Crippen MR) is 57.3 cm³/mol. The molecule has 1 unspecified atom stereocenters. The zero-order valence-corrected chi connectivity index (χ0v) is 8.85. The molecule has 1 aliphatic rings. The van der Waals surface area contributed by atoms with Crippen molar-refractivity contribution in [3.63, 3.8) is 0 Å². The molecule has 80 valence electrons. The molecule has 1 atom stereocenters. The number of benzene rings is 1. The third-order valence-corrected chi connectivity index (χ3v) is 2.45. The van der Waals surface area contributed by atoms with E-state index in [0.29, 0.717) is 6.54 Å². The molecule has 1 aliphatic heterocycles. The maximum absolute atomic E-state index is 11.2. The Hall–Kier alpha value is -1.35. The second-order valence-electron chi connectivity index (χ2n) is 3.96. The highest BCUT2D eigenvalue weighted by atomic mass is 16.5. The van der Waals surface area contributed by atoms with Gasteiger partial charge in [-0.3, -0.25) is 9.69 Å². The monoisotopic (exact) mass is 205 g/mol. The molecule has 0 radical (unpaired) electrons. The molecule has 1 aromatic carbocycles. The lowest BCUT2D eigenvalue weighted by Crippen LogP contribution is -2.43. The summed E-state index contributed by atoms with van der Waals surface area (Å²) in [5.74, 6) is -0.121. The normalized spacial score (nSPS) is 22.5. The Balaban J connectivity index is 1.97. The van der Waals surface area contributed by atoms with Crippen molar-refractivity contribution in [3.8, 4) is 0 Å². The van der Waals surface area contributed by atoms with Gasteiger partial charge in [0, 0.05) is 13.1 Å². The fraction of sp³-hybridized carbons (Fsp3) is 0.417. The molecule has 0 spiro atoms. The Bertz CT molecular complexity index is 337. The van der Waals surface area contributed by atoms with Crippen LogP contribution in [0.25, 0.3) is 0 Å². The number of hydrogen-bond acceptors (Lipinski definition) is 3. The molecule has 1 aromatic rings. The molecular weight excluding hydrogens is 190 g/mol. The number of hydrogen-bond donors (Lipinski definition) is 0.